The van der Waals surface area contributed by atoms with Crippen molar-refractivity contribution < 1.29 is 14.7 Å². The Bertz CT molecular complexity index is 681. The van der Waals surface area contributed by atoms with Crippen molar-refractivity contribution in [1.82, 2.24) is 9.88 Å². The fourth-order valence-corrected chi connectivity index (χ4v) is 2.84. The third-order valence-corrected chi connectivity index (χ3v) is 4.24. The molecule has 1 heterocycles. The van der Waals surface area contributed by atoms with Crippen molar-refractivity contribution in [1.29, 1.82) is 0 Å². The molecule has 0 saturated heterocycles. The number of rotatable bonds is 5. The number of nitrogens with zero attached hydrogens (tertiary/aromatic N) is 1. The Morgan fingerprint density at radius 2 is 2.14 bits per heavy atom. The second kappa shape index (κ2) is 6.30. The highest BCUT2D eigenvalue weighted by atomic mass is 79.9. The molecule has 0 bridgehead atoms. The van der Waals surface area contributed by atoms with Gasteiger partial charge in [-0.15, -0.1) is 0 Å². The number of hydrogen-bond donors (Lipinski definition) is 2. The minimum absolute atomic E-state index is 0.138. The van der Waals surface area contributed by atoms with Gasteiger partial charge in [-0.25, -0.2) is 0 Å². The van der Waals surface area contributed by atoms with Gasteiger partial charge in [0.25, 0.3) is 5.91 Å². The van der Waals surface area contributed by atoms with Crippen LogP contribution in [0.5, 0.6) is 0 Å². The summed E-state index contributed by atoms with van der Waals surface area (Å²) in [5.74, 6) is -1.28. The number of carboxylic acids is 1. The van der Waals surface area contributed by atoms with Gasteiger partial charge in [-0.05, 0) is 25.5 Å². The number of carboxylic acid groups (broad SMARTS) is 1. The van der Waals surface area contributed by atoms with Gasteiger partial charge < -0.3 is 15.0 Å². The third-order valence-electron chi connectivity index (χ3n) is 3.57. The summed E-state index contributed by atoms with van der Waals surface area (Å²) in [5.41, 5.74) is 1.33. The standard InChI is InChI=1S/C15H17BrN2O3/c1-3-9(2)18(8-13(19)20)15(21)10-7-17-12-6-4-5-11(16)14(10)12/h4-7,9,17H,3,8H2,1-2H3,(H,19,20). The second-order valence-electron chi connectivity index (χ2n) is 4.95. The molecular weight excluding hydrogens is 336 g/mol. The molecule has 2 N–H and O–H groups in total. The smallest absolute Gasteiger partial charge is 0.323 e. The SMILES string of the molecule is CCC(C)N(CC(=O)O)C(=O)c1c[nH]c2cccc(Br)c12. The number of amides is 1. The lowest BCUT2D eigenvalue weighted by atomic mass is 10.1. The van der Waals surface area contributed by atoms with Crippen LogP contribution in [-0.4, -0.2) is 39.5 Å². The lowest BCUT2D eigenvalue weighted by Gasteiger charge is -2.26. The first-order valence-electron chi connectivity index (χ1n) is 6.74. The molecule has 21 heavy (non-hydrogen) atoms. The molecule has 1 amide bonds. The zero-order chi connectivity index (χ0) is 15.6. The van der Waals surface area contributed by atoms with Crippen molar-refractivity contribution in [2.75, 3.05) is 6.54 Å². The van der Waals surface area contributed by atoms with Crippen LogP contribution in [0.2, 0.25) is 0 Å². The Morgan fingerprint density at radius 3 is 2.76 bits per heavy atom. The van der Waals surface area contributed by atoms with Gasteiger partial charge in [0.05, 0.1) is 5.56 Å². The molecule has 2 aromatic rings. The average molecular weight is 353 g/mol. The molecule has 0 aliphatic rings. The molecule has 5 nitrogen and oxygen atoms in total. The van der Waals surface area contributed by atoms with E-state index in [0.29, 0.717) is 12.0 Å². The second-order valence-corrected chi connectivity index (χ2v) is 5.80. The number of aromatic amines is 1. The largest absolute Gasteiger partial charge is 0.480 e. The van der Waals surface area contributed by atoms with Crippen molar-refractivity contribution >= 4 is 38.7 Å². The monoisotopic (exact) mass is 352 g/mol. The Kier molecular flexibility index (Phi) is 4.67. The normalized spacial score (nSPS) is 12.3. The van der Waals surface area contributed by atoms with E-state index in [1.54, 1.807) is 6.20 Å². The predicted octanol–water partition coefficient (Wildman–Crippen LogP) is 3.26. The lowest BCUT2D eigenvalue weighted by Crippen LogP contribution is -2.41. The van der Waals surface area contributed by atoms with Gasteiger partial charge in [0.1, 0.15) is 6.54 Å². The van der Waals surface area contributed by atoms with Crippen LogP contribution in [0.4, 0.5) is 0 Å². The highest BCUT2D eigenvalue weighted by molar-refractivity contribution is 9.10. The van der Waals surface area contributed by atoms with Gasteiger partial charge in [0.15, 0.2) is 0 Å². The predicted molar refractivity (Wildman–Crippen MR) is 84.4 cm³/mol. The van der Waals surface area contributed by atoms with E-state index in [2.05, 4.69) is 20.9 Å². The molecule has 6 heteroatoms. The fraction of sp³-hybridized carbons (Fsp3) is 0.333. The maximum absolute atomic E-state index is 12.7. The Morgan fingerprint density at radius 1 is 1.43 bits per heavy atom. The van der Waals surface area contributed by atoms with Crippen LogP contribution in [-0.2, 0) is 4.79 Å². The number of carbonyl (C=O) groups excluding carboxylic acids is 1. The summed E-state index contributed by atoms with van der Waals surface area (Å²) in [7, 11) is 0. The van der Waals surface area contributed by atoms with Gasteiger partial charge in [0, 0.05) is 27.6 Å². The van der Waals surface area contributed by atoms with E-state index in [1.807, 2.05) is 32.0 Å². The fourth-order valence-electron chi connectivity index (χ4n) is 2.26. The number of halogens is 1. The number of aromatic nitrogens is 1. The number of carbonyl (C=O) groups is 2. The third kappa shape index (κ3) is 3.10. The van der Waals surface area contributed by atoms with E-state index < -0.39 is 5.97 Å². The number of H-pyrrole nitrogens is 1. The van der Waals surface area contributed by atoms with E-state index in [-0.39, 0.29) is 18.5 Å². The summed E-state index contributed by atoms with van der Waals surface area (Å²) in [5, 5.41) is 9.81. The highest BCUT2D eigenvalue weighted by Crippen LogP contribution is 2.28. The van der Waals surface area contributed by atoms with Crippen LogP contribution in [0.1, 0.15) is 30.6 Å². The summed E-state index contributed by atoms with van der Waals surface area (Å²) < 4.78 is 0.809. The molecule has 0 saturated carbocycles. The maximum Gasteiger partial charge on any atom is 0.323 e. The van der Waals surface area contributed by atoms with E-state index >= 15 is 0 Å². The van der Waals surface area contributed by atoms with Crippen molar-refractivity contribution in [3.8, 4) is 0 Å². The molecule has 0 aliphatic heterocycles. The van der Waals surface area contributed by atoms with Crippen LogP contribution >= 0.6 is 15.9 Å². The number of fused-ring (bicyclic) bond motifs is 1. The Balaban J connectivity index is 2.46. The number of nitrogens with one attached hydrogen (secondary N) is 1. The van der Waals surface area contributed by atoms with Crippen LogP contribution in [0.3, 0.4) is 0 Å². The molecule has 0 aliphatic carbocycles. The molecule has 1 unspecified atom stereocenters. The molecule has 1 aromatic heterocycles. The summed E-state index contributed by atoms with van der Waals surface area (Å²) in [6.45, 7) is 3.48. The van der Waals surface area contributed by atoms with Crippen molar-refractivity contribution in [3.05, 3.63) is 34.4 Å². The van der Waals surface area contributed by atoms with Gasteiger partial charge in [-0.3, -0.25) is 9.59 Å². The van der Waals surface area contributed by atoms with E-state index in [9.17, 15) is 9.59 Å². The first kappa shape index (κ1) is 15.6. The Labute approximate surface area is 131 Å². The van der Waals surface area contributed by atoms with Crippen LogP contribution in [0.25, 0.3) is 10.9 Å². The first-order chi connectivity index (χ1) is 9.95. The van der Waals surface area contributed by atoms with Crippen molar-refractivity contribution in [2.45, 2.75) is 26.3 Å². The minimum Gasteiger partial charge on any atom is -0.480 e. The number of aliphatic carboxylic acids is 1. The minimum atomic E-state index is -1.01. The quantitative estimate of drug-likeness (QED) is 0.867. The number of benzene rings is 1. The molecule has 1 atom stereocenters. The van der Waals surface area contributed by atoms with E-state index in [1.165, 1.54) is 4.90 Å². The average Bonchev–Trinajstić information content (AvgIpc) is 2.88. The molecule has 1 aromatic carbocycles. The molecule has 0 radical (unpaired) electrons. The zero-order valence-corrected chi connectivity index (χ0v) is 13.5. The van der Waals surface area contributed by atoms with Gasteiger partial charge in [-0.2, -0.15) is 0 Å². The van der Waals surface area contributed by atoms with Crippen molar-refractivity contribution in [2.24, 2.45) is 0 Å². The van der Waals surface area contributed by atoms with E-state index in [4.69, 9.17) is 5.11 Å². The zero-order valence-electron chi connectivity index (χ0n) is 11.9. The lowest BCUT2D eigenvalue weighted by molar-refractivity contribution is -0.138. The van der Waals surface area contributed by atoms with Crippen LogP contribution in [0, 0.1) is 0 Å². The molecule has 2 rings (SSSR count). The maximum atomic E-state index is 12.7. The summed E-state index contributed by atoms with van der Waals surface area (Å²) >= 11 is 3.44. The first-order valence-corrected chi connectivity index (χ1v) is 7.53. The van der Waals surface area contributed by atoms with Crippen molar-refractivity contribution in [3.63, 3.8) is 0 Å². The highest BCUT2D eigenvalue weighted by Gasteiger charge is 2.25. The molecule has 0 fully saturated rings. The summed E-state index contributed by atoms with van der Waals surface area (Å²) in [6, 6.07) is 5.47. The molecule has 0 spiro atoms. The van der Waals surface area contributed by atoms with Crippen LogP contribution < -0.4 is 0 Å². The van der Waals surface area contributed by atoms with Gasteiger partial charge >= 0.3 is 5.97 Å². The molecular formula is C15H17BrN2O3. The van der Waals surface area contributed by atoms with Gasteiger partial charge in [-0.1, -0.05) is 28.9 Å². The summed E-state index contributed by atoms with van der Waals surface area (Å²) in [6.07, 6.45) is 2.33. The van der Waals surface area contributed by atoms with E-state index in [0.717, 1.165) is 15.4 Å². The topological polar surface area (TPSA) is 73.4 Å². The summed E-state index contributed by atoms with van der Waals surface area (Å²) in [4.78, 5) is 28.2. The van der Waals surface area contributed by atoms with Gasteiger partial charge in [0.2, 0.25) is 0 Å². The Hall–Kier alpha value is -1.82. The number of hydrogen-bond acceptors (Lipinski definition) is 2. The van der Waals surface area contributed by atoms with Crippen LogP contribution in [0.15, 0.2) is 28.9 Å². The molecule has 112 valence electrons.